The number of rotatable bonds is 2. The Labute approximate surface area is 112 Å². The van der Waals surface area contributed by atoms with Gasteiger partial charge in [0.05, 0.1) is 18.4 Å². The van der Waals surface area contributed by atoms with Crippen LogP contribution in [0.5, 0.6) is 5.75 Å². The molecule has 4 nitrogen and oxygen atoms in total. The Hall–Kier alpha value is -2.63. The molecule has 0 bridgehead atoms. The van der Waals surface area contributed by atoms with Crippen molar-refractivity contribution in [1.29, 1.82) is 0 Å². The van der Waals surface area contributed by atoms with Crippen molar-refractivity contribution < 1.29 is 17.9 Å². The molecule has 3 aromatic rings. The minimum absolute atomic E-state index is 0.00199. The lowest BCUT2D eigenvalue weighted by Crippen LogP contribution is -1.94. The summed E-state index contributed by atoms with van der Waals surface area (Å²) in [5.41, 5.74) is 6.18. The molecule has 0 amide bonds. The van der Waals surface area contributed by atoms with Crippen LogP contribution in [0.3, 0.4) is 0 Å². The summed E-state index contributed by atoms with van der Waals surface area (Å²) in [5.74, 6) is -1.08. The first-order chi connectivity index (χ1) is 9.60. The maximum atomic E-state index is 13.8. The number of aromatic nitrogens is 1. The minimum atomic E-state index is -0.819. The molecule has 0 unspecified atom stereocenters. The number of hydrogen-bond acceptors (Lipinski definition) is 4. The van der Waals surface area contributed by atoms with E-state index in [4.69, 9.17) is 14.9 Å². The van der Waals surface area contributed by atoms with Crippen LogP contribution in [0.25, 0.3) is 22.6 Å². The maximum Gasteiger partial charge on any atom is 0.230 e. The normalized spacial score (nSPS) is 10.9. The van der Waals surface area contributed by atoms with Gasteiger partial charge in [0, 0.05) is 6.07 Å². The van der Waals surface area contributed by atoms with Crippen molar-refractivity contribution in [3.8, 4) is 17.2 Å². The van der Waals surface area contributed by atoms with Crippen molar-refractivity contribution in [1.82, 2.24) is 4.98 Å². The lowest BCUT2D eigenvalue weighted by molar-refractivity contribution is 0.419. The highest BCUT2D eigenvalue weighted by atomic mass is 19.1. The van der Waals surface area contributed by atoms with E-state index in [0.29, 0.717) is 22.9 Å². The van der Waals surface area contributed by atoms with Crippen LogP contribution in [0, 0.1) is 11.6 Å². The van der Waals surface area contributed by atoms with Gasteiger partial charge in [0.1, 0.15) is 17.4 Å². The first kappa shape index (κ1) is 12.4. The molecule has 0 spiro atoms. The van der Waals surface area contributed by atoms with Gasteiger partial charge in [-0.25, -0.2) is 13.8 Å². The number of methoxy groups -OCH3 is 1. The Kier molecular flexibility index (Phi) is 2.78. The summed E-state index contributed by atoms with van der Waals surface area (Å²) in [6.45, 7) is 0. The number of anilines is 1. The van der Waals surface area contributed by atoms with Crippen molar-refractivity contribution in [2.45, 2.75) is 0 Å². The Morgan fingerprint density at radius 3 is 2.75 bits per heavy atom. The van der Waals surface area contributed by atoms with Gasteiger partial charge in [0.15, 0.2) is 11.1 Å². The Morgan fingerprint density at radius 1 is 1.20 bits per heavy atom. The van der Waals surface area contributed by atoms with E-state index in [-0.39, 0.29) is 17.1 Å². The molecule has 2 N–H and O–H groups in total. The van der Waals surface area contributed by atoms with Crippen molar-refractivity contribution in [3.05, 3.63) is 42.0 Å². The predicted molar refractivity (Wildman–Crippen MR) is 70.3 cm³/mol. The largest absolute Gasteiger partial charge is 0.494 e. The Bertz CT molecular complexity index is 799. The number of nitrogen functional groups attached to an aromatic ring is 1. The number of benzene rings is 2. The highest BCUT2D eigenvalue weighted by molar-refractivity contribution is 5.82. The topological polar surface area (TPSA) is 61.3 Å². The third-order valence-corrected chi connectivity index (χ3v) is 2.92. The zero-order chi connectivity index (χ0) is 14.3. The second-order valence-corrected chi connectivity index (χ2v) is 4.18. The van der Waals surface area contributed by atoms with Gasteiger partial charge in [-0.15, -0.1) is 0 Å². The van der Waals surface area contributed by atoms with Crippen molar-refractivity contribution in [2.75, 3.05) is 12.8 Å². The quantitative estimate of drug-likeness (QED) is 0.729. The first-order valence-corrected chi connectivity index (χ1v) is 5.78. The standard InChI is InChI=1S/C14H10F2N2O2/c1-19-11-3-2-4-12-13(11)18-14(20-12)7-5-10(17)9(16)6-8(7)15/h2-6H,17H2,1H3. The molecule has 20 heavy (non-hydrogen) atoms. The number of hydrogen-bond donors (Lipinski definition) is 1. The molecule has 3 rings (SSSR count). The molecule has 6 heteroatoms. The maximum absolute atomic E-state index is 13.8. The highest BCUT2D eigenvalue weighted by Crippen LogP contribution is 2.32. The van der Waals surface area contributed by atoms with Crippen molar-refractivity contribution >= 4 is 16.8 Å². The van der Waals surface area contributed by atoms with Crippen LogP contribution in [-0.2, 0) is 0 Å². The lowest BCUT2D eigenvalue weighted by atomic mass is 10.2. The molecule has 2 aromatic carbocycles. The zero-order valence-electron chi connectivity index (χ0n) is 10.5. The molecule has 0 atom stereocenters. The molecule has 0 saturated carbocycles. The van der Waals surface area contributed by atoms with Gasteiger partial charge in [-0.3, -0.25) is 0 Å². The first-order valence-electron chi connectivity index (χ1n) is 5.78. The van der Waals surface area contributed by atoms with Crippen LogP contribution in [0.15, 0.2) is 34.7 Å². The van der Waals surface area contributed by atoms with E-state index < -0.39 is 11.6 Å². The molecular formula is C14H10F2N2O2. The second kappa shape index (κ2) is 4.48. The summed E-state index contributed by atoms with van der Waals surface area (Å²) in [4.78, 5) is 4.18. The SMILES string of the molecule is COc1cccc2oc(-c3cc(N)c(F)cc3F)nc12. The van der Waals surface area contributed by atoms with Crippen LogP contribution < -0.4 is 10.5 Å². The Morgan fingerprint density at radius 2 is 2.00 bits per heavy atom. The van der Waals surface area contributed by atoms with Gasteiger partial charge in [-0.05, 0) is 18.2 Å². The number of ether oxygens (including phenoxy) is 1. The van der Waals surface area contributed by atoms with Crippen LogP contribution in [0.4, 0.5) is 14.5 Å². The number of nitrogens with two attached hydrogens (primary N) is 1. The Balaban J connectivity index is 2.23. The van der Waals surface area contributed by atoms with Gasteiger partial charge >= 0.3 is 0 Å². The van der Waals surface area contributed by atoms with Crippen LogP contribution >= 0.6 is 0 Å². The van der Waals surface area contributed by atoms with Crippen molar-refractivity contribution in [2.24, 2.45) is 0 Å². The van der Waals surface area contributed by atoms with Crippen LogP contribution in [0.2, 0.25) is 0 Å². The number of halogens is 2. The van der Waals surface area contributed by atoms with E-state index >= 15 is 0 Å². The van der Waals surface area contributed by atoms with E-state index in [2.05, 4.69) is 4.98 Å². The van der Waals surface area contributed by atoms with Gasteiger partial charge in [0.2, 0.25) is 5.89 Å². The predicted octanol–water partition coefficient (Wildman–Crippen LogP) is 3.36. The van der Waals surface area contributed by atoms with Gasteiger partial charge < -0.3 is 14.9 Å². The number of para-hydroxylation sites is 1. The van der Waals surface area contributed by atoms with Crippen LogP contribution in [-0.4, -0.2) is 12.1 Å². The minimum Gasteiger partial charge on any atom is -0.494 e. The summed E-state index contributed by atoms with van der Waals surface area (Å²) in [6.07, 6.45) is 0. The fraction of sp³-hybridized carbons (Fsp3) is 0.0714. The molecule has 1 aromatic heterocycles. The molecule has 0 fully saturated rings. The molecular weight excluding hydrogens is 266 g/mol. The average Bonchev–Trinajstić information content (AvgIpc) is 2.86. The lowest BCUT2D eigenvalue weighted by Gasteiger charge is -2.01. The van der Waals surface area contributed by atoms with Crippen LogP contribution in [0.1, 0.15) is 0 Å². The van der Waals surface area contributed by atoms with E-state index in [1.807, 2.05) is 0 Å². The number of fused-ring (bicyclic) bond motifs is 1. The van der Waals surface area contributed by atoms with E-state index in [1.54, 1.807) is 18.2 Å². The summed E-state index contributed by atoms with van der Waals surface area (Å²) in [5, 5.41) is 0. The smallest absolute Gasteiger partial charge is 0.230 e. The molecule has 0 aliphatic carbocycles. The molecule has 0 radical (unpaired) electrons. The number of nitrogens with zero attached hydrogens (tertiary/aromatic N) is 1. The van der Waals surface area contributed by atoms with E-state index in [1.165, 1.54) is 7.11 Å². The fourth-order valence-corrected chi connectivity index (χ4v) is 1.93. The number of oxazole rings is 1. The molecule has 102 valence electrons. The van der Waals surface area contributed by atoms with Crippen molar-refractivity contribution in [3.63, 3.8) is 0 Å². The zero-order valence-corrected chi connectivity index (χ0v) is 10.5. The summed E-state index contributed by atoms with van der Waals surface area (Å²) in [6, 6.07) is 6.98. The third kappa shape index (κ3) is 1.85. The summed E-state index contributed by atoms with van der Waals surface area (Å²) >= 11 is 0. The highest BCUT2D eigenvalue weighted by Gasteiger charge is 2.17. The third-order valence-electron chi connectivity index (χ3n) is 2.92. The van der Waals surface area contributed by atoms with Gasteiger partial charge in [0.25, 0.3) is 0 Å². The molecule has 0 saturated heterocycles. The summed E-state index contributed by atoms with van der Waals surface area (Å²) in [7, 11) is 1.50. The van der Waals surface area contributed by atoms with E-state index in [9.17, 15) is 8.78 Å². The molecule has 1 heterocycles. The summed E-state index contributed by atoms with van der Waals surface area (Å²) < 4.78 is 37.6. The van der Waals surface area contributed by atoms with Gasteiger partial charge in [-0.2, -0.15) is 0 Å². The fourth-order valence-electron chi connectivity index (χ4n) is 1.93. The average molecular weight is 276 g/mol. The monoisotopic (exact) mass is 276 g/mol. The van der Waals surface area contributed by atoms with E-state index in [0.717, 1.165) is 6.07 Å². The molecule has 0 aliphatic rings. The second-order valence-electron chi connectivity index (χ2n) is 4.18. The van der Waals surface area contributed by atoms with Gasteiger partial charge in [-0.1, -0.05) is 6.07 Å². The molecule has 0 aliphatic heterocycles.